The molecule has 25 heavy (non-hydrogen) atoms. The molecule has 1 atom stereocenters. The molecule has 8 heteroatoms. The molecule has 1 amide bonds. The van der Waals surface area contributed by atoms with Gasteiger partial charge in [0.25, 0.3) is 0 Å². The molecule has 134 valence electrons. The number of ether oxygens (including phenoxy) is 2. The van der Waals surface area contributed by atoms with Crippen molar-refractivity contribution in [3.8, 4) is 11.5 Å². The van der Waals surface area contributed by atoms with Crippen LogP contribution in [0.2, 0.25) is 0 Å². The summed E-state index contributed by atoms with van der Waals surface area (Å²) in [4.78, 5) is 16.5. The lowest BCUT2D eigenvalue weighted by Gasteiger charge is -2.21. The first kappa shape index (κ1) is 17.6. The molecule has 0 saturated heterocycles. The molecule has 0 saturated carbocycles. The summed E-state index contributed by atoms with van der Waals surface area (Å²) >= 11 is 1.32. The van der Waals surface area contributed by atoms with E-state index in [0.29, 0.717) is 18.4 Å². The maximum atomic E-state index is 12.2. The van der Waals surface area contributed by atoms with Crippen LogP contribution in [0.15, 0.2) is 23.4 Å². The molecule has 1 aliphatic rings. The predicted molar refractivity (Wildman–Crippen MR) is 95.2 cm³/mol. The second-order valence-corrected chi connectivity index (χ2v) is 7.08. The van der Waals surface area contributed by atoms with Crippen LogP contribution in [0.25, 0.3) is 0 Å². The summed E-state index contributed by atoms with van der Waals surface area (Å²) in [5.74, 6) is 2.78. The van der Waals surface area contributed by atoms with Gasteiger partial charge in [0, 0.05) is 5.92 Å². The zero-order valence-electron chi connectivity index (χ0n) is 14.5. The zero-order valence-corrected chi connectivity index (χ0v) is 15.4. The summed E-state index contributed by atoms with van der Waals surface area (Å²) in [7, 11) is 0. The lowest BCUT2D eigenvalue weighted by molar-refractivity contribution is -0.119. The molecule has 7 nitrogen and oxygen atoms in total. The minimum absolute atomic E-state index is 0.0664. The molecule has 1 aromatic heterocycles. The van der Waals surface area contributed by atoms with Gasteiger partial charge < -0.3 is 14.8 Å². The number of H-pyrrole nitrogens is 1. The molecule has 2 heterocycles. The van der Waals surface area contributed by atoms with Crippen LogP contribution in [0, 0.1) is 0 Å². The van der Waals surface area contributed by atoms with Crippen LogP contribution in [0.5, 0.6) is 11.5 Å². The summed E-state index contributed by atoms with van der Waals surface area (Å²) < 4.78 is 11.1. The molecule has 0 unspecified atom stereocenters. The fourth-order valence-electron chi connectivity index (χ4n) is 2.41. The number of amides is 1. The number of thioether (sulfide) groups is 1. The third kappa shape index (κ3) is 4.45. The van der Waals surface area contributed by atoms with E-state index in [-0.39, 0.29) is 23.6 Å². The van der Waals surface area contributed by atoms with Crippen LogP contribution in [-0.4, -0.2) is 40.1 Å². The molecule has 0 spiro atoms. The Morgan fingerprint density at radius 3 is 2.76 bits per heavy atom. The normalized spacial score (nSPS) is 14.4. The third-order valence-corrected chi connectivity index (χ3v) is 4.65. The van der Waals surface area contributed by atoms with Crippen LogP contribution >= 0.6 is 11.8 Å². The van der Waals surface area contributed by atoms with Gasteiger partial charge in [-0.1, -0.05) is 31.7 Å². The standard InChI is InChI=1S/C17H22N4O3S/c1-10(2)16-19-17(21-20-16)25-9-15(22)18-11(3)12-4-5-13-14(8-12)24-7-6-23-13/h4-5,8,10-11H,6-7,9H2,1-3H3,(H,18,22)(H,19,20,21)/t11-/m0/s1. The fraction of sp³-hybridized carbons (Fsp3) is 0.471. The van der Waals surface area contributed by atoms with Crippen LogP contribution < -0.4 is 14.8 Å². The average Bonchev–Trinajstić information content (AvgIpc) is 3.09. The van der Waals surface area contributed by atoms with Gasteiger partial charge in [-0.15, -0.1) is 5.10 Å². The van der Waals surface area contributed by atoms with E-state index in [0.717, 1.165) is 22.9 Å². The van der Waals surface area contributed by atoms with Gasteiger partial charge in [0.2, 0.25) is 11.1 Å². The molecular weight excluding hydrogens is 340 g/mol. The van der Waals surface area contributed by atoms with E-state index in [9.17, 15) is 4.79 Å². The summed E-state index contributed by atoms with van der Waals surface area (Å²) in [6.45, 7) is 7.13. The smallest absolute Gasteiger partial charge is 0.230 e. The summed E-state index contributed by atoms with van der Waals surface area (Å²) in [6.07, 6.45) is 0. The highest BCUT2D eigenvalue weighted by Gasteiger charge is 2.16. The summed E-state index contributed by atoms with van der Waals surface area (Å²) in [5, 5.41) is 10.6. The number of fused-ring (bicyclic) bond motifs is 1. The van der Waals surface area contributed by atoms with Crippen LogP contribution in [0.3, 0.4) is 0 Å². The van der Waals surface area contributed by atoms with Crippen molar-refractivity contribution >= 4 is 17.7 Å². The van der Waals surface area contributed by atoms with Gasteiger partial charge in [0.05, 0.1) is 11.8 Å². The minimum atomic E-state index is -0.123. The van der Waals surface area contributed by atoms with Crippen molar-refractivity contribution < 1.29 is 14.3 Å². The van der Waals surface area contributed by atoms with Crippen LogP contribution in [-0.2, 0) is 4.79 Å². The Morgan fingerprint density at radius 2 is 2.04 bits per heavy atom. The van der Waals surface area contributed by atoms with Gasteiger partial charge in [-0.3, -0.25) is 9.89 Å². The first-order chi connectivity index (χ1) is 12.0. The highest BCUT2D eigenvalue weighted by atomic mass is 32.2. The predicted octanol–water partition coefficient (Wildman–Crippen LogP) is 2.67. The van der Waals surface area contributed by atoms with Crippen molar-refractivity contribution in [2.45, 2.75) is 37.9 Å². The van der Waals surface area contributed by atoms with Gasteiger partial charge in [0.15, 0.2) is 11.5 Å². The largest absolute Gasteiger partial charge is 0.486 e. The Labute approximate surface area is 150 Å². The van der Waals surface area contributed by atoms with E-state index in [2.05, 4.69) is 20.5 Å². The Balaban J connectivity index is 1.53. The Morgan fingerprint density at radius 1 is 1.28 bits per heavy atom. The number of nitrogens with zero attached hydrogens (tertiary/aromatic N) is 2. The Hall–Kier alpha value is -2.22. The van der Waals surface area contributed by atoms with Gasteiger partial charge in [-0.2, -0.15) is 0 Å². The third-order valence-electron chi connectivity index (χ3n) is 3.81. The number of nitrogens with one attached hydrogen (secondary N) is 2. The number of aromatic amines is 1. The van der Waals surface area contributed by atoms with E-state index in [1.807, 2.05) is 39.0 Å². The van der Waals surface area contributed by atoms with Crippen molar-refractivity contribution in [3.05, 3.63) is 29.6 Å². The summed E-state index contributed by atoms with van der Waals surface area (Å²) in [5.41, 5.74) is 0.975. The maximum absolute atomic E-state index is 12.2. The fourth-order valence-corrected chi connectivity index (χ4v) is 3.02. The second kappa shape index (κ2) is 7.77. The minimum Gasteiger partial charge on any atom is -0.486 e. The molecular formula is C17H22N4O3S. The number of carbonyl (C=O) groups is 1. The SMILES string of the molecule is CC(C)c1nc(SCC(=O)N[C@@H](C)c2ccc3c(c2)OCCO3)n[nH]1. The summed E-state index contributed by atoms with van der Waals surface area (Å²) in [6, 6.07) is 5.61. The first-order valence-electron chi connectivity index (χ1n) is 8.27. The molecule has 2 aromatic rings. The monoisotopic (exact) mass is 362 g/mol. The number of hydrogen-bond acceptors (Lipinski definition) is 6. The molecule has 1 aliphatic heterocycles. The van der Waals surface area contributed by atoms with E-state index in [1.54, 1.807) is 0 Å². The highest BCUT2D eigenvalue weighted by Crippen LogP contribution is 2.32. The molecule has 1 aromatic carbocycles. The maximum Gasteiger partial charge on any atom is 0.230 e. The van der Waals surface area contributed by atoms with Gasteiger partial charge in [-0.05, 0) is 24.6 Å². The Bertz CT molecular complexity index is 747. The van der Waals surface area contributed by atoms with E-state index in [1.165, 1.54) is 11.8 Å². The average molecular weight is 362 g/mol. The van der Waals surface area contributed by atoms with Crippen molar-refractivity contribution in [2.24, 2.45) is 0 Å². The molecule has 0 bridgehead atoms. The van der Waals surface area contributed by atoms with E-state index >= 15 is 0 Å². The molecule has 0 fully saturated rings. The lowest BCUT2D eigenvalue weighted by atomic mass is 10.1. The van der Waals surface area contributed by atoms with E-state index < -0.39 is 0 Å². The van der Waals surface area contributed by atoms with Crippen LogP contribution in [0.1, 0.15) is 44.1 Å². The molecule has 0 aliphatic carbocycles. The topological polar surface area (TPSA) is 89.1 Å². The first-order valence-corrected chi connectivity index (χ1v) is 9.25. The molecule has 0 radical (unpaired) electrons. The van der Waals surface area contributed by atoms with E-state index in [4.69, 9.17) is 9.47 Å². The Kier molecular flexibility index (Phi) is 5.47. The highest BCUT2D eigenvalue weighted by molar-refractivity contribution is 7.99. The number of aromatic nitrogens is 3. The lowest BCUT2D eigenvalue weighted by Crippen LogP contribution is -2.28. The number of benzene rings is 1. The number of hydrogen-bond donors (Lipinski definition) is 2. The van der Waals surface area contributed by atoms with Crippen molar-refractivity contribution in [1.82, 2.24) is 20.5 Å². The van der Waals surface area contributed by atoms with Gasteiger partial charge >= 0.3 is 0 Å². The number of rotatable bonds is 6. The molecule has 3 rings (SSSR count). The zero-order chi connectivity index (χ0) is 17.8. The second-order valence-electron chi connectivity index (χ2n) is 6.14. The van der Waals surface area contributed by atoms with Crippen LogP contribution in [0.4, 0.5) is 0 Å². The van der Waals surface area contributed by atoms with Crippen molar-refractivity contribution in [2.75, 3.05) is 19.0 Å². The van der Waals surface area contributed by atoms with Crippen molar-refractivity contribution in [1.29, 1.82) is 0 Å². The molecule has 2 N–H and O–H groups in total. The van der Waals surface area contributed by atoms with Gasteiger partial charge in [0.1, 0.15) is 19.0 Å². The van der Waals surface area contributed by atoms with Gasteiger partial charge in [-0.25, -0.2) is 4.98 Å². The van der Waals surface area contributed by atoms with Crippen molar-refractivity contribution in [3.63, 3.8) is 0 Å². The quantitative estimate of drug-likeness (QED) is 0.768. The number of carbonyl (C=O) groups excluding carboxylic acids is 1.